The van der Waals surface area contributed by atoms with E-state index < -0.39 is 0 Å². The van der Waals surface area contributed by atoms with Gasteiger partial charge in [0.1, 0.15) is 18.1 Å². The Morgan fingerprint density at radius 1 is 1.39 bits per heavy atom. The van der Waals surface area contributed by atoms with Crippen molar-refractivity contribution in [3.05, 3.63) is 29.8 Å². The van der Waals surface area contributed by atoms with E-state index in [1.807, 2.05) is 18.2 Å². The molecular formula is C14H17NO3. The number of rotatable bonds is 4. The third kappa shape index (κ3) is 2.88. The molecule has 4 heteroatoms. The number of carbonyl (C=O) groups is 2. The Labute approximate surface area is 107 Å². The Morgan fingerprint density at radius 2 is 2.17 bits per heavy atom. The maximum absolute atomic E-state index is 12.3. The summed E-state index contributed by atoms with van der Waals surface area (Å²) >= 11 is 0. The minimum Gasteiger partial charge on any atom is -0.491 e. The quantitative estimate of drug-likeness (QED) is 0.816. The van der Waals surface area contributed by atoms with Gasteiger partial charge in [0.15, 0.2) is 0 Å². The molecule has 2 rings (SSSR count). The molecule has 0 bridgehead atoms. The van der Waals surface area contributed by atoms with Gasteiger partial charge in [-0.2, -0.15) is 0 Å². The van der Waals surface area contributed by atoms with Gasteiger partial charge in [0.2, 0.25) is 0 Å². The maximum atomic E-state index is 12.3. The standard InChI is InChI=1S/C14H17NO3/c1-11(16)5-4-8-15-9-10-18-13-7-3-2-6-12(13)14(15)17/h2-3,6-7H,4-5,8-10H2,1H3. The van der Waals surface area contributed by atoms with Crippen molar-refractivity contribution in [2.45, 2.75) is 19.8 Å². The average molecular weight is 247 g/mol. The summed E-state index contributed by atoms with van der Waals surface area (Å²) in [7, 11) is 0. The van der Waals surface area contributed by atoms with Gasteiger partial charge in [-0.05, 0) is 25.5 Å². The molecule has 0 atom stereocenters. The van der Waals surface area contributed by atoms with Crippen molar-refractivity contribution in [2.75, 3.05) is 19.7 Å². The highest BCUT2D eigenvalue weighted by atomic mass is 16.5. The lowest BCUT2D eigenvalue weighted by molar-refractivity contribution is -0.117. The Morgan fingerprint density at radius 3 is 2.94 bits per heavy atom. The number of ether oxygens (including phenoxy) is 1. The number of hydrogen-bond donors (Lipinski definition) is 0. The van der Waals surface area contributed by atoms with E-state index in [0.29, 0.717) is 43.9 Å². The molecule has 4 nitrogen and oxygen atoms in total. The summed E-state index contributed by atoms with van der Waals surface area (Å²) in [6.07, 6.45) is 1.23. The number of ketones is 1. The highest BCUT2D eigenvalue weighted by molar-refractivity contribution is 5.97. The predicted molar refractivity (Wildman–Crippen MR) is 67.8 cm³/mol. The number of fused-ring (bicyclic) bond motifs is 1. The lowest BCUT2D eigenvalue weighted by atomic mass is 10.1. The Hall–Kier alpha value is -1.84. The van der Waals surface area contributed by atoms with E-state index in [0.717, 1.165) is 0 Å². The lowest BCUT2D eigenvalue weighted by Crippen LogP contribution is -2.33. The molecule has 0 fully saturated rings. The maximum Gasteiger partial charge on any atom is 0.257 e. The molecule has 0 saturated heterocycles. The summed E-state index contributed by atoms with van der Waals surface area (Å²) in [4.78, 5) is 24.9. The molecule has 0 N–H and O–H groups in total. The summed E-state index contributed by atoms with van der Waals surface area (Å²) in [6.45, 7) is 3.26. The molecular weight excluding hydrogens is 230 g/mol. The van der Waals surface area contributed by atoms with Crippen LogP contribution in [0.5, 0.6) is 5.75 Å². The molecule has 1 heterocycles. The molecule has 0 radical (unpaired) electrons. The van der Waals surface area contributed by atoms with Gasteiger partial charge < -0.3 is 14.4 Å². The summed E-state index contributed by atoms with van der Waals surface area (Å²) in [6, 6.07) is 7.28. The minimum atomic E-state index is -0.00773. The van der Waals surface area contributed by atoms with Crippen molar-refractivity contribution in [2.24, 2.45) is 0 Å². The van der Waals surface area contributed by atoms with E-state index in [1.54, 1.807) is 17.9 Å². The van der Waals surface area contributed by atoms with E-state index >= 15 is 0 Å². The monoisotopic (exact) mass is 247 g/mol. The Balaban J connectivity index is 2.06. The van der Waals surface area contributed by atoms with Gasteiger partial charge in [-0.15, -0.1) is 0 Å². The molecule has 0 spiro atoms. The molecule has 0 unspecified atom stereocenters. The third-order valence-corrected chi connectivity index (χ3v) is 2.98. The first-order valence-electron chi connectivity index (χ1n) is 6.19. The first-order chi connectivity index (χ1) is 8.68. The van der Waals surface area contributed by atoms with Gasteiger partial charge in [-0.1, -0.05) is 12.1 Å². The normalized spacial score (nSPS) is 14.7. The van der Waals surface area contributed by atoms with E-state index in [-0.39, 0.29) is 11.7 Å². The van der Waals surface area contributed by atoms with Gasteiger partial charge in [0.05, 0.1) is 12.1 Å². The van der Waals surface area contributed by atoms with Crippen LogP contribution in [0.3, 0.4) is 0 Å². The summed E-state index contributed by atoms with van der Waals surface area (Å²) in [5, 5.41) is 0. The molecule has 1 amide bonds. The third-order valence-electron chi connectivity index (χ3n) is 2.98. The van der Waals surface area contributed by atoms with Crippen molar-refractivity contribution < 1.29 is 14.3 Å². The zero-order valence-electron chi connectivity index (χ0n) is 10.5. The molecule has 1 aromatic carbocycles. The van der Waals surface area contributed by atoms with Crippen LogP contribution in [0.1, 0.15) is 30.1 Å². The second-order valence-electron chi connectivity index (χ2n) is 4.44. The van der Waals surface area contributed by atoms with E-state index in [9.17, 15) is 9.59 Å². The number of benzene rings is 1. The molecule has 0 aromatic heterocycles. The fraction of sp³-hybridized carbons (Fsp3) is 0.429. The van der Waals surface area contributed by atoms with Crippen molar-refractivity contribution >= 4 is 11.7 Å². The highest BCUT2D eigenvalue weighted by Crippen LogP contribution is 2.22. The Kier molecular flexibility index (Phi) is 3.97. The van der Waals surface area contributed by atoms with Crippen LogP contribution < -0.4 is 4.74 Å². The van der Waals surface area contributed by atoms with Crippen molar-refractivity contribution in [1.82, 2.24) is 4.90 Å². The number of hydrogen-bond acceptors (Lipinski definition) is 3. The Bertz CT molecular complexity index is 456. The second kappa shape index (κ2) is 5.67. The lowest BCUT2D eigenvalue weighted by Gasteiger charge is -2.19. The van der Waals surface area contributed by atoms with Crippen molar-refractivity contribution in [3.63, 3.8) is 0 Å². The molecule has 1 aliphatic rings. The van der Waals surface area contributed by atoms with Gasteiger partial charge >= 0.3 is 0 Å². The number of Topliss-reactive ketones (excluding diaryl/α,β-unsaturated/α-hetero) is 1. The number of carbonyl (C=O) groups excluding carboxylic acids is 2. The van der Waals surface area contributed by atoms with Crippen LogP contribution in [0.2, 0.25) is 0 Å². The summed E-state index contributed by atoms with van der Waals surface area (Å²) in [5.74, 6) is 0.803. The van der Waals surface area contributed by atoms with Crippen LogP contribution in [0.15, 0.2) is 24.3 Å². The molecule has 1 aromatic rings. The van der Waals surface area contributed by atoms with E-state index in [1.165, 1.54) is 0 Å². The van der Waals surface area contributed by atoms with Crippen molar-refractivity contribution in [3.8, 4) is 5.75 Å². The number of nitrogens with zero attached hydrogens (tertiary/aromatic N) is 1. The first kappa shape index (κ1) is 12.6. The van der Waals surface area contributed by atoms with Gasteiger partial charge in [-0.3, -0.25) is 4.79 Å². The fourth-order valence-electron chi connectivity index (χ4n) is 2.04. The summed E-state index contributed by atoms with van der Waals surface area (Å²) < 4.78 is 5.55. The largest absolute Gasteiger partial charge is 0.491 e. The van der Waals surface area contributed by atoms with Gasteiger partial charge in [-0.25, -0.2) is 0 Å². The van der Waals surface area contributed by atoms with Crippen LogP contribution >= 0.6 is 0 Å². The molecule has 18 heavy (non-hydrogen) atoms. The van der Waals surface area contributed by atoms with Gasteiger partial charge in [0, 0.05) is 13.0 Å². The van der Waals surface area contributed by atoms with Gasteiger partial charge in [0.25, 0.3) is 5.91 Å². The highest BCUT2D eigenvalue weighted by Gasteiger charge is 2.22. The van der Waals surface area contributed by atoms with Crippen LogP contribution in [-0.2, 0) is 4.79 Å². The molecule has 96 valence electrons. The van der Waals surface area contributed by atoms with Crippen LogP contribution in [0.25, 0.3) is 0 Å². The summed E-state index contributed by atoms with van der Waals surface area (Å²) in [5.41, 5.74) is 0.609. The van der Waals surface area contributed by atoms with E-state index in [4.69, 9.17) is 4.74 Å². The molecule has 0 saturated carbocycles. The number of amides is 1. The zero-order chi connectivity index (χ0) is 13.0. The predicted octanol–water partition coefficient (Wildman–Crippen LogP) is 1.89. The smallest absolute Gasteiger partial charge is 0.257 e. The molecule has 1 aliphatic heterocycles. The number of para-hydroxylation sites is 1. The average Bonchev–Trinajstić information content (AvgIpc) is 2.50. The first-order valence-corrected chi connectivity index (χ1v) is 6.19. The zero-order valence-corrected chi connectivity index (χ0v) is 10.5. The topological polar surface area (TPSA) is 46.6 Å². The van der Waals surface area contributed by atoms with Crippen LogP contribution in [0, 0.1) is 0 Å². The molecule has 0 aliphatic carbocycles. The van der Waals surface area contributed by atoms with Crippen molar-refractivity contribution in [1.29, 1.82) is 0 Å². The second-order valence-corrected chi connectivity index (χ2v) is 4.44. The fourth-order valence-corrected chi connectivity index (χ4v) is 2.04. The SMILES string of the molecule is CC(=O)CCCN1CCOc2ccccc2C1=O. The van der Waals surface area contributed by atoms with Crippen LogP contribution in [-0.4, -0.2) is 36.3 Å². The minimum absolute atomic E-state index is 0.00773. The van der Waals surface area contributed by atoms with E-state index in [2.05, 4.69) is 0 Å². The van der Waals surface area contributed by atoms with Crippen LogP contribution in [0.4, 0.5) is 0 Å².